The molecule has 0 aliphatic heterocycles. The maximum atomic E-state index is 11.8. The standard InChI is InChI=1S/C11H14N6O4/c18-6-5-16-7-9(13-14-16)1-2-10(19)8-15-4-3-12-11(15)17(20)21/h3-4,7,18H,1-2,5-6,8H2. The van der Waals surface area contributed by atoms with Crippen LogP contribution in [0.1, 0.15) is 12.1 Å². The van der Waals surface area contributed by atoms with E-state index in [1.165, 1.54) is 21.6 Å². The first-order valence-electron chi connectivity index (χ1n) is 6.27. The van der Waals surface area contributed by atoms with Crippen LogP contribution >= 0.6 is 0 Å². The van der Waals surface area contributed by atoms with Gasteiger partial charge in [0.15, 0.2) is 5.78 Å². The Labute approximate surface area is 119 Å². The van der Waals surface area contributed by atoms with Gasteiger partial charge in [-0.25, -0.2) is 9.25 Å². The largest absolute Gasteiger partial charge is 0.434 e. The van der Waals surface area contributed by atoms with E-state index in [4.69, 9.17) is 5.11 Å². The minimum Gasteiger partial charge on any atom is -0.394 e. The Hall–Kier alpha value is -2.62. The quantitative estimate of drug-likeness (QED) is 0.517. The molecule has 0 amide bonds. The summed E-state index contributed by atoms with van der Waals surface area (Å²) in [4.78, 5) is 25.4. The van der Waals surface area contributed by atoms with Crippen molar-refractivity contribution in [2.75, 3.05) is 6.61 Å². The summed E-state index contributed by atoms with van der Waals surface area (Å²) in [6, 6.07) is 0. The number of carbonyl (C=O) groups is 1. The number of nitro groups is 1. The summed E-state index contributed by atoms with van der Waals surface area (Å²) in [6.45, 7) is 0.218. The SMILES string of the molecule is O=C(CCc1cn(CCO)nn1)Cn1ccnc1[N+](=O)[O-]. The van der Waals surface area contributed by atoms with Gasteiger partial charge in [0.1, 0.15) is 18.9 Å². The first-order valence-corrected chi connectivity index (χ1v) is 6.27. The van der Waals surface area contributed by atoms with Crippen molar-refractivity contribution in [3.63, 3.8) is 0 Å². The monoisotopic (exact) mass is 294 g/mol. The van der Waals surface area contributed by atoms with Crippen LogP contribution in [0.5, 0.6) is 0 Å². The smallest absolute Gasteiger partial charge is 0.394 e. The average molecular weight is 294 g/mol. The molecule has 2 heterocycles. The van der Waals surface area contributed by atoms with Gasteiger partial charge in [0.25, 0.3) is 0 Å². The van der Waals surface area contributed by atoms with Gasteiger partial charge < -0.3 is 15.2 Å². The van der Waals surface area contributed by atoms with Crippen molar-refractivity contribution in [2.24, 2.45) is 0 Å². The molecule has 0 atom stereocenters. The summed E-state index contributed by atoms with van der Waals surface area (Å²) in [5, 5.41) is 27.1. The van der Waals surface area contributed by atoms with Gasteiger partial charge in [-0.2, -0.15) is 0 Å². The van der Waals surface area contributed by atoms with Crippen molar-refractivity contribution in [3.05, 3.63) is 34.4 Å². The number of ketones is 1. The molecule has 0 saturated heterocycles. The lowest BCUT2D eigenvalue weighted by Gasteiger charge is -2.00. The highest BCUT2D eigenvalue weighted by molar-refractivity contribution is 5.78. The number of Topliss-reactive ketones (excluding diaryl/α,β-unsaturated/α-hetero) is 1. The molecule has 112 valence electrons. The Morgan fingerprint density at radius 3 is 3.00 bits per heavy atom. The zero-order valence-corrected chi connectivity index (χ0v) is 11.1. The Balaban J connectivity index is 1.86. The summed E-state index contributed by atoms with van der Waals surface area (Å²) in [5.41, 5.74) is 0.636. The Morgan fingerprint density at radius 2 is 2.29 bits per heavy atom. The molecule has 0 radical (unpaired) electrons. The first kappa shape index (κ1) is 14.8. The summed E-state index contributed by atoms with van der Waals surface area (Å²) >= 11 is 0. The van der Waals surface area contributed by atoms with E-state index >= 15 is 0 Å². The van der Waals surface area contributed by atoms with Crippen molar-refractivity contribution < 1.29 is 14.8 Å². The van der Waals surface area contributed by atoms with E-state index in [1.807, 2.05) is 0 Å². The van der Waals surface area contributed by atoms with Crippen LogP contribution in [0.2, 0.25) is 0 Å². The van der Waals surface area contributed by atoms with Crippen molar-refractivity contribution in [3.8, 4) is 0 Å². The zero-order chi connectivity index (χ0) is 15.2. The molecule has 0 unspecified atom stereocenters. The molecule has 0 fully saturated rings. The number of hydrogen-bond donors (Lipinski definition) is 1. The molecule has 0 saturated carbocycles. The molecular formula is C11H14N6O4. The molecule has 0 aliphatic carbocycles. The molecule has 0 aliphatic rings. The maximum absolute atomic E-state index is 11.8. The number of aromatic nitrogens is 5. The van der Waals surface area contributed by atoms with Crippen molar-refractivity contribution in [1.82, 2.24) is 24.5 Å². The van der Waals surface area contributed by atoms with Crippen molar-refractivity contribution >= 4 is 11.7 Å². The molecule has 21 heavy (non-hydrogen) atoms. The van der Waals surface area contributed by atoms with Crippen LogP contribution in [0.3, 0.4) is 0 Å². The van der Waals surface area contributed by atoms with E-state index in [9.17, 15) is 14.9 Å². The van der Waals surface area contributed by atoms with Crippen LogP contribution in [-0.4, -0.2) is 47.0 Å². The maximum Gasteiger partial charge on any atom is 0.434 e. The third kappa shape index (κ3) is 3.92. The lowest BCUT2D eigenvalue weighted by Crippen LogP contribution is -2.12. The van der Waals surface area contributed by atoms with Gasteiger partial charge >= 0.3 is 5.95 Å². The van der Waals surface area contributed by atoms with Gasteiger partial charge in [-0.1, -0.05) is 10.2 Å². The van der Waals surface area contributed by atoms with Crippen LogP contribution in [0.25, 0.3) is 0 Å². The highest BCUT2D eigenvalue weighted by Crippen LogP contribution is 2.08. The molecule has 1 N–H and O–H groups in total. The number of aryl methyl sites for hydroxylation is 1. The number of imidazole rings is 1. The van der Waals surface area contributed by atoms with E-state index < -0.39 is 4.92 Å². The highest BCUT2D eigenvalue weighted by atomic mass is 16.6. The van der Waals surface area contributed by atoms with Gasteiger partial charge in [-0.15, -0.1) is 5.10 Å². The van der Waals surface area contributed by atoms with E-state index in [-0.39, 0.29) is 31.3 Å². The number of rotatable bonds is 8. The van der Waals surface area contributed by atoms with Crippen LogP contribution in [0.4, 0.5) is 5.95 Å². The van der Waals surface area contributed by atoms with Crippen LogP contribution in [-0.2, 0) is 24.3 Å². The Morgan fingerprint density at radius 1 is 1.48 bits per heavy atom. The fourth-order valence-corrected chi connectivity index (χ4v) is 1.80. The second kappa shape index (κ2) is 6.70. The third-order valence-corrected chi connectivity index (χ3v) is 2.78. The normalized spacial score (nSPS) is 10.7. The fourth-order valence-electron chi connectivity index (χ4n) is 1.80. The molecule has 0 spiro atoms. The number of nitrogens with zero attached hydrogens (tertiary/aromatic N) is 6. The summed E-state index contributed by atoms with van der Waals surface area (Å²) < 4.78 is 2.69. The topological polar surface area (TPSA) is 129 Å². The van der Waals surface area contributed by atoms with Crippen LogP contribution in [0.15, 0.2) is 18.6 Å². The van der Waals surface area contributed by atoms with E-state index in [0.717, 1.165) is 0 Å². The van der Waals surface area contributed by atoms with E-state index in [2.05, 4.69) is 15.3 Å². The van der Waals surface area contributed by atoms with Crippen molar-refractivity contribution in [2.45, 2.75) is 25.9 Å². The van der Waals surface area contributed by atoms with Crippen LogP contribution < -0.4 is 0 Å². The highest BCUT2D eigenvalue weighted by Gasteiger charge is 2.17. The zero-order valence-electron chi connectivity index (χ0n) is 11.1. The molecule has 2 aromatic heterocycles. The van der Waals surface area contributed by atoms with Gasteiger partial charge in [0, 0.05) is 19.0 Å². The first-order chi connectivity index (χ1) is 10.1. The van der Waals surface area contributed by atoms with Gasteiger partial charge in [0.2, 0.25) is 0 Å². The Kier molecular flexibility index (Phi) is 4.72. The van der Waals surface area contributed by atoms with Crippen molar-refractivity contribution in [1.29, 1.82) is 0 Å². The minimum absolute atomic E-state index is 0.0357. The fraction of sp³-hybridized carbons (Fsp3) is 0.455. The molecular weight excluding hydrogens is 280 g/mol. The second-order valence-corrected chi connectivity index (χ2v) is 4.35. The van der Waals surface area contributed by atoms with Gasteiger partial charge in [-0.3, -0.25) is 4.79 Å². The molecule has 0 aromatic carbocycles. The third-order valence-electron chi connectivity index (χ3n) is 2.78. The van der Waals surface area contributed by atoms with Gasteiger partial charge in [-0.05, 0) is 4.92 Å². The van der Waals surface area contributed by atoms with E-state index in [0.29, 0.717) is 18.7 Å². The molecule has 10 nitrogen and oxygen atoms in total. The number of hydrogen-bond acceptors (Lipinski definition) is 7. The number of carbonyl (C=O) groups excluding carboxylic acids is 1. The summed E-state index contributed by atoms with van der Waals surface area (Å²) in [5.74, 6) is -0.509. The summed E-state index contributed by atoms with van der Waals surface area (Å²) in [6.07, 6.45) is 4.93. The predicted molar refractivity (Wildman–Crippen MR) is 69.3 cm³/mol. The lowest BCUT2D eigenvalue weighted by molar-refractivity contribution is -0.396. The minimum atomic E-state index is -0.631. The molecule has 10 heteroatoms. The number of aliphatic hydroxyl groups excluding tert-OH is 1. The van der Waals surface area contributed by atoms with E-state index in [1.54, 1.807) is 6.20 Å². The van der Waals surface area contributed by atoms with Crippen LogP contribution in [0, 0.1) is 10.1 Å². The lowest BCUT2D eigenvalue weighted by atomic mass is 10.2. The Bertz CT molecular complexity index is 634. The summed E-state index contributed by atoms with van der Waals surface area (Å²) in [7, 11) is 0. The van der Waals surface area contributed by atoms with Gasteiger partial charge in [0.05, 0.1) is 18.8 Å². The number of aliphatic hydroxyl groups is 1. The second-order valence-electron chi connectivity index (χ2n) is 4.35. The average Bonchev–Trinajstić information content (AvgIpc) is 3.06. The predicted octanol–water partition coefficient (Wildman–Crippen LogP) is -0.423. The molecule has 0 bridgehead atoms. The molecule has 2 aromatic rings. The molecule has 2 rings (SSSR count).